The summed E-state index contributed by atoms with van der Waals surface area (Å²) in [7, 11) is 0. The van der Waals surface area contributed by atoms with E-state index in [1.807, 2.05) is 18.2 Å². The van der Waals surface area contributed by atoms with Crippen LogP contribution >= 0.6 is 0 Å². The Morgan fingerprint density at radius 1 is 1.07 bits per heavy atom. The Labute approximate surface area is 160 Å². The maximum atomic E-state index is 14.9. The summed E-state index contributed by atoms with van der Waals surface area (Å²) in [6.07, 6.45) is 0.0208. The van der Waals surface area contributed by atoms with Crippen LogP contribution in [0, 0.1) is 5.41 Å². The number of likely N-dealkylation sites (tertiary alicyclic amines) is 2. The number of ether oxygens (including phenoxy) is 1. The number of alkyl halides is 2. The zero-order valence-corrected chi connectivity index (χ0v) is 16.5. The molecule has 1 spiro atoms. The number of hydrogen-bond donors (Lipinski definition) is 0. The van der Waals surface area contributed by atoms with E-state index in [4.69, 9.17) is 4.74 Å². The van der Waals surface area contributed by atoms with Crippen LogP contribution in [0.4, 0.5) is 13.6 Å². The molecular formula is C21H30F2N2O2. The highest BCUT2D eigenvalue weighted by atomic mass is 19.3. The molecule has 27 heavy (non-hydrogen) atoms. The normalized spacial score (nSPS) is 22.6. The molecule has 2 fully saturated rings. The van der Waals surface area contributed by atoms with Crippen LogP contribution in [-0.2, 0) is 11.3 Å². The molecule has 0 aliphatic carbocycles. The average Bonchev–Trinajstić information content (AvgIpc) is 2.59. The Hall–Kier alpha value is -1.69. The maximum Gasteiger partial charge on any atom is 0.410 e. The van der Waals surface area contributed by atoms with Crippen molar-refractivity contribution < 1.29 is 18.3 Å². The van der Waals surface area contributed by atoms with Crippen LogP contribution in [-0.4, -0.2) is 53.6 Å². The molecule has 1 aromatic carbocycles. The molecule has 2 heterocycles. The van der Waals surface area contributed by atoms with Crippen molar-refractivity contribution in [2.24, 2.45) is 5.41 Å². The zero-order chi connectivity index (χ0) is 19.7. The molecule has 150 valence electrons. The molecule has 2 aliphatic rings. The first-order chi connectivity index (χ1) is 12.6. The number of halogens is 2. The van der Waals surface area contributed by atoms with Crippen LogP contribution < -0.4 is 0 Å². The summed E-state index contributed by atoms with van der Waals surface area (Å²) < 4.78 is 35.2. The average molecular weight is 380 g/mol. The summed E-state index contributed by atoms with van der Waals surface area (Å²) in [4.78, 5) is 16.1. The topological polar surface area (TPSA) is 32.8 Å². The molecular weight excluding hydrogens is 350 g/mol. The molecule has 0 atom stereocenters. The first kappa shape index (κ1) is 20.1. The molecule has 0 aromatic heterocycles. The van der Waals surface area contributed by atoms with Gasteiger partial charge < -0.3 is 9.64 Å². The second kappa shape index (κ2) is 7.38. The molecule has 1 amide bonds. The molecule has 1 aromatic rings. The summed E-state index contributed by atoms with van der Waals surface area (Å²) in [6, 6.07) is 10.1. The van der Waals surface area contributed by atoms with Crippen molar-refractivity contribution in [1.82, 2.24) is 9.80 Å². The van der Waals surface area contributed by atoms with Gasteiger partial charge in [-0.3, -0.25) is 4.90 Å². The maximum absolute atomic E-state index is 14.9. The molecule has 0 saturated carbocycles. The first-order valence-corrected chi connectivity index (χ1v) is 9.72. The Morgan fingerprint density at radius 2 is 1.70 bits per heavy atom. The fourth-order valence-corrected chi connectivity index (χ4v) is 4.09. The number of rotatable bonds is 2. The SMILES string of the molecule is CC(C)(C)OC(=O)N1CCC(F)(F)C2(CCN(Cc3ccccc3)CC2)C1. The van der Waals surface area contributed by atoms with Gasteiger partial charge in [-0.2, -0.15) is 0 Å². The molecule has 0 radical (unpaired) electrons. The van der Waals surface area contributed by atoms with Crippen molar-refractivity contribution >= 4 is 6.09 Å². The summed E-state index contributed by atoms with van der Waals surface area (Å²) in [5.41, 5.74) is -0.572. The molecule has 2 saturated heterocycles. The van der Waals surface area contributed by atoms with Gasteiger partial charge in [-0.25, -0.2) is 13.6 Å². The number of piperidine rings is 2. The van der Waals surface area contributed by atoms with Gasteiger partial charge in [-0.15, -0.1) is 0 Å². The second-order valence-electron chi connectivity index (χ2n) is 8.90. The fourth-order valence-electron chi connectivity index (χ4n) is 4.09. The lowest BCUT2D eigenvalue weighted by atomic mass is 9.69. The van der Waals surface area contributed by atoms with E-state index in [2.05, 4.69) is 17.0 Å². The van der Waals surface area contributed by atoms with Gasteiger partial charge >= 0.3 is 6.09 Å². The van der Waals surface area contributed by atoms with Gasteiger partial charge in [0, 0.05) is 26.1 Å². The zero-order valence-electron chi connectivity index (χ0n) is 16.5. The van der Waals surface area contributed by atoms with Crippen LogP contribution in [0.25, 0.3) is 0 Å². The number of amides is 1. The van der Waals surface area contributed by atoms with Crippen LogP contribution in [0.15, 0.2) is 30.3 Å². The molecule has 6 heteroatoms. The lowest BCUT2D eigenvalue weighted by Crippen LogP contribution is -2.60. The lowest BCUT2D eigenvalue weighted by Gasteiger charge is -2.51. The third kappa shape index (κ3) is 4.60. The highest BCUT2D eigenvalue weighted by molar-refractivity contribution is 5.68. The van der Waals surface area contributed by atoms with E-state index in [-0.39, 0.29) is 19.5 Å². The Bertz CT molecular complexity index is 650. The van der Waals surface area contributed by atoms with Gasteiger partial charge in [0.25, 0.3) is 5.92 Å². The van der Waals surface area contributed by atoms with Crippen molar-refractivity contribution in [3.63, 3.8) is 0 Å². The third-order valence-electron chi connectivity index (χ3n) is 5.68. The van der Waals surface area contributed by atoms with Gasteiger partial charge in [0.1, 0.15) is 5.60 Å². The third-order valence-corrected chi connectivity index (χ3v) is 5.68. The molecule has 4 nitrogen and oxygen atoms in total. The molecule has 2 aliphatic heterocycles. The van der Waals surface area contributed by atoms with E-state index in [1.165, 1.54) is 10.5 Å². The molecule has 0 unspecified atom stereocenters. The monoisotopic (exact) mass is 380 g/mol. The predicted octanol–water partition coefficient (Wildman–Crippen LogP) is 4.54. The molecule has 0 N–H and O–H groups in total. The van der Waals surface area contributed by atoms with Crippen molar-refractivity contribution in [1.29, 1.82) is 0 Å². The van der Waals surface area contributed by atoms with Crippen molar-refractivity contribution in [3.05, 3.63) is 35.9 Å². The van der Waals surface area contributed by atoms with Crippen molar-refractivity contribution in [3.8, 4) is 0 Å². The Balaban J connectivity index is 1.65. The van der Waals surface area contributed by atoms with Crippen LogP contribution in [0.5, 0.6) is 0 Å². The minimum absolute atomic E-state index is 0.0530. The Morgan fingerprint density at radius 3 is 2.30 bits per heavy atom. The predicted molar refractivity (Wildman–Crippen MR) is 101 cm³/mol. The highest BCUT2D eigenvalue weighted by Gasteiger charge is 2.58. The molecule has 0 bridgehead atoms. The van der Waals surface area contributed by atoms with E-state index in [0.29, 0.717) is 25.9 Å². The quantitative estimate of drug-likeness (QED) is 0.755. The van der Waals surface area contributed by atoms with Crippen molar-refractivity contribution in [2.75, 3.05) is 26.2 Å². The van der Waals surface area contributed by atoms with E-state index >= 15 is 0 Å². The van der Waals surface area contributed by atoms with Gasteiger partial charge in [-0.05, 0) is 52.3 Å². The summed E-state index contributed by atoms with van der Waals surface area (Å²) in [6.45, 7) is 7.52. The fraction of sp³-hybridized carbons (Fsp3) is 0.667. The van der Waals surface area contributed by atoms with Crippen LogP contribution in [0.1, 0.15) is 45.6 Å². The van der Waals surface area contributed by atoms with E-state index in [1.54, 1.807) is 20.8 Å². The molecule has 3 rings (SSSR count). The van der Waals surface area contributed by atoms with E-state index < -0.39 is 23.0 Å². The van der Waals surface area contributed by atoms with Crippen molar-refractivity contribution in [2.45, 2.75) is 58.1 Å². The van der Waals surface area contributed by atoms with Crippen LogP contribution in [0.3, 0.4) is 0 Å². The number of nitrogens with zero attached hydrogens (tertiary/aromatic N) is 2. The summed E-state index contributed by atoms with van der Waals surface area (Å²) in [5.74, 6) is -2.75. The van der Waals surface area contributed by atoms with Gasteiger partial charge in [0.2, 0.25) is 0 Å². The van der Waals surface area contributed by atoms with Gasteiger partial charge in [0.15, 0.2) is 0 Å². The number of carbonyl (C=O) groups excluding carboxylic acids is 1. The smallest absolute Gasteiger partial charge is 0.410 e. The number of carbonyl (C=O) groups is 1. The number of hydrogen-bond acceptors (Lipinski definition) is 3. The first-order valence-electron chi connectivity index (χ1n) is 9.72. The number of benzene rings is 1. The minimum atomic E-state index is -2.75. The van der Waals surface area contributed by atoms with E-state index in [9.17, 15) is 13.6 Å². The standard InChI is InChI=1S/C21H30F2N2O2/c1-19(2,3)27-18(26)25-14-11-21(22,23)20(16-25)9-12-24(13-10-20)15-17-7-5-4-6-8-17/h4-8H,9-16H2,1-3H3. The summed E-state index contributed by atoms with van der Waals surface area (Å²) in [5, 5.41) is 0. The van der Waals surface area contributed by atoms with Gasteiger partial charge in [0.05, 0.1) is 5.41 Å². The second-order valence-corrected chi connectivity index (χ2v) is 8.90. The van der Waals surface area contributed by atoms with E-state index in [0.717, 1.165) is 6.54 Å². The van der Waals surface area contributed by atoms with Crippen LogP contribution in [0.2, 0.25) is 0 Å². The minimum Gasteiger partial charge on any atom is -0.444 e. The lowest BCUT2D eigenvalue weighted by molar-refractivity contribution is -0.183. The Kier molecular flexibility index (Phi) is 5.48. The highest BCUT2D eigenvalue weighted by Crippen LogP contribution is 2.50. The summed E-state index contributed by atoms with van der Waals surface area (Å²) >= 11 is 0. The van der Waals surface area contributed by atoms with Gasteiger partial charge in [-0.1, -0.05) is 30.3 Å². The largest absolute Gasteiger partial charge is 0.444 e.